The molecule has 1 rings (SSSR count). The summed E-state index contributed by atoms with van der Waals surface area (Å²) in [7, 11) is 1.74. The van der Waals surface area contributed by atoms with Crippen LogP contribution in [-0.2, 0) is 11.2 Å². The van der Waals surface area contributed by atoms with Gasteiger partial charge in [-0.3, -0.25) is 0 Å². The summed E-state index contributed by atoms with van der Waals surface area (Å²) < 4.78 is 11.2. The third-order valence-corrected chi connectivity index (χ3v) is 3.70. The van der Waals surface area contributed by atoms with Gasteiger partial charge in [-0.25, -0.2) is 0 Å². The number of benzene rings is 1. The molecule has 1 N–H and O–H groups in total. The summed E-state index contributed by atoms with van der Waals surface area (Å²) in [5.74, 6) is 1.58. The molecule has 0 fully saturated rings. The zero-order valence-corrected chi connectivity index (χ0v) is 13.9. The van der Waals surface area contributed by atoms with E-state index < -0.39 is 0 Å². The van der Waals surface area contributed by atoms with Crippen molar-refractivity contribution in [3.05, 3.63) is 29.8 Å². The van der Waals surface area contributed by atoms with Gasteiger partial charge in [0.15, 0.2) is 0 Å². The van der Waals surface area contributed by atoms with E-state index in [1.54, 1.807) is 7.11 Å². The molecule has 1 aromatic rings. The second-order valence-corrected chi connectivity index (χ2v) is 5.44. The van der Waals surface area contributed by atoms with Crippen molar-refractivity contribution in [3.8, 4) is 5.75 Å². The first-order valence-electron chi connectivity index (χ1n) is 8.22. The number of methoxy groups -OCH3 is 1. The molecule has 0 bridgehead atoms. The fraction of sp³-hybridized carbons (Fsp3) is 0.667. The number of para-hydroxylation sites is 1. The van der Waals surface area contributed by atoms with Crippen molar-refractivity contribution in [2.45, 2.75) is 39.5 Å². The smallest absolute Gasteiger partial charge is 0.122 e. The highest BCUT2D eigenvalue weighted by molar-refractivity contribution is 5.33. The van der Waals surface area contributed by atoms with Crippen LogP contribution in [-0.4, -0.2) is 33.4 Å². The van der Waals surface area contributed by atoms with E-state index in [-0.39, 0.29) is 0 Å². The highest BCUT2D eigenvalue weighted by Gasteiger charge is 2.12. The van der Waals surface area contributed by atoms with Crippen molar-refractivity contribution in [2.24, 2.45) is 5.92 Å². The van der Waals surface area contributed by atoms with Crippen LogP contribution in [0.5, 0.6) is 5.75 Å². The first-order chi connectivity index (χ1) is 10.3. The zero-order chi connectivity index (χ0) is 15.3. The van der Waals surface area contributed by atoms with Gasteiger partial charge in [-0.1, -0.05) is 38.5 Å². The fourth-order valence-electron chi connectivity index (χ4n) is 2.41. The van der Waals surface area contributed by atoms with Crippen molar-refractivity contribution in [1.29, 1.82) is 0 Å². The Morgan fingerprint density at radius 2 is 1.95 bits per heavy atom. The maximum Gasteiger partial charge on any atom is 0.122 e. The van der Waals surface area contributed by atoms with Crippen LogP contribution in [0.1, 0.15) is 38.7 Å². The van der Waals surface area contributed by atoms with Crippen LogP contribution in [0.3, 0.4) is 0 Å². The molecule has 120 valence electrons. The number of ether oxygens (including phenoxy) is 2. The predicted octanol–water partition coefficient (Wildman–Crippen LogP) is 3.67. The average molecular weight is 293 g/mol. The Labute approximate surface area is 130 Å². The standard InChI is InChI=1S/C18H31NO2/c1-4-6-12-21-13-11-16(15-19-5-2)14-17-9-7-8-10-18(17)20-3/h7-10,16,19H,4-6,11-15H2,1-3H3. The minimum atomic E-state index is 0.586. The summed E-state index contributed by atoms with van der Waals surface area (Å²) in [4.78, 5) is 0. The van der Waals surface area contributed by atoms with Gasteiger partial charge in [-0.2, -0.15) is 0 Å². The van der Waals surface area contributed by atoms with E-state index in [0.717, 1.165) is 51.3 Å². The van der Waals surface area contributed by atoms with Crippen molar-refractivity contribution >= 4 is 0 Å². The highest BCUT2D eigenvalue weighted by Crippen LogP contribution is 2.22. The van der Waals surface area contributed by atoms with E-state index >= 15 is 0 Å². The average Bonchev–Trinajstić information content (AvgIpc) is 2.52. The van der Waals surface area contributed by atoms with E-state index in [4.69, 9.17) is 9.47 Å². The topological polar surface area (TPSA) is 30.5 Å². The lowest BCUT2D eigenvalue weighted by molar-refractivity contribution is 0.117. The molecule has 0 spiro atoms. The zero-order valence-electron chi connectivity index (χ0n) is 13.9. The molecule has 0 saturated heterocycles. The van der Waals surface area contributed by atoms with Crippen LogP contribution in [0.4, 0.5) is 0 Å². The number of nitrogens with one attached hydrogen (secondary N) is 1. The van der Waals surface area contributed by atoms with E-state index in [0.29, 0.717) is 5.92 Å². The Morgan fingerprint density at radius 3 is 2.67 bits per heavy atom. The van der Waals surface area contributed by atoms with Crippen LogP contribution in [0.2, 0.25) is 0 Å². The molecule has 1 atom stereocenters. The van der Waals surface area contributed by atoms with Crippen molar-refractivity contribution < 1.29 is 9.47 Å². The monoisotopic (exact) mass is 293 g/mol. The lowest BCUT2D eigenvalue weighted by Gasteiger charge is -2.19. The molecule has 1 unspecified atom stereocenters. The van der Waals surface area contributed by atoms with Gasteiger partial charge in [0, 0.05) is 13.2 Å². The SMILES string of the molecule is CCCCOCCC(CNCC)Cc1ccccc1OC. The van der Waals surface area contributed by atoms with Gasteiger partial charge < -0.3 is 14.8 Å². The van der Waals surface area contributed by atoms with Crippen LogP contribution < -0.4 is 10.1 Å². The summed E-state index contributed by atoms with van der Waals surface area (Å²) in [6.07, 6.45) is 4.48. The van der Waals surface area contributed by atoms with Gasteiger partial charge in [0.1, 0.15) is 5.75 Å². The molecule has 0 aliphatic heterocycles. The third kappa shape index (κ3) is 7.49. The molecule has 0 radical (unpaired) electrons. The molecular weight excluding hydrogens is 262 g/mol. The van der Waals surface area contributed by atoms with E-state index in [2.05, 4.69) is 31.3 Å². The Bertz CT molecular complexity index is 368. The molecule has 0 aliphatic carbocycles. The molecule has 0 amide bonds. The molecule has 0 heterocycles. The number of hydrogen-bond acceptors (Lipinski definition) is 3. The molecule has 21 heavy (non-hydrogen) atoms. The van der Waals surface area contributed by atoms with Crippen LogP contribution in [0.15, 0.2) is 24.3 Å². The molecule has 3 heteroatoms. The summed E-state index contributed by atoms with van der Waals surface area (Å²) in [5.41, 5.74) is 1.29. The molecular formula is C18H31NO2. The van der Waals surface area contributed by atoms with Crippen LogP contribution in [0, 0.1) is 5.92 Å². The number of hydrogen-bond donors (Lipinski definition) is 1. The largest absolute Gasteiger partial charge is 0.496 e. The van der Waals surface area contributed by atoms with E-state index in [1.807, 2.05) is 12.1 Å². The summed E-state index contributed by atoms with van der Waals surface area (Å²) >= 11 is 0. The first-order valence-corrected chi connectivity index (χ1v) is 8.22. The molecule has 1 aromatic carbocycles. The minimum absolute atomic E-state index is 0.586. The van der Waals surface area contributed by atoms with Crippen molar-refractivity contribution in [3.63, 3.8) is 0 Å². The van der Waals surface area contributed by atoms with Crippen molar-refractivity contribution in [1.82, 2.24) is 5.32 Å². The Hall–Kier alpha value is -1.06. The molecule has 0 saturated carbocycles. The summed E-state index contributed by atoms with van der Waals surface area (Å²) in [5, 5.41) is 3.46. The summed E-state index contributed by atoms with van der Waals surface area (Å²) in [6, 6.07) is 8.31. The van der Waals surface area contributed by atoms with Gasteiger partial charge in [-0.05, 0) is 49.9 Å². The maximum atomic E-state index is 5.72. The molecule has 3 nitrogen and oxygen atoms in total. The fourth-order valence-corrected chi connectivity index (χ4v) is 2.41. The Morgan fingerprint density at radius 1 is 1.14 bits per heavy atom. The quantitative estimate of drug-likeness (QED) is 0.596. The summed E-state index contributed by atoms with van der Waals surface area (Å²) in [6.45, 7) is 8.13. The number of unbranched alkanes of at least 4 members (excludes halogenated alkanes) is 1. The lowest BCUT2D eigenvalue weighted by Crippen LogP contribution is -2.25. The van der Waals surface area contributed by atoms with Gasteiger partial charge >= 0.3 is 0 Å². The van der Waals surface area contributed by atoms with Gasteiger partial charge in [0.05, 0.1) is 7.11 Å². The normalized spacial score (nSPS) is 12.3. The third-order valence-electron chi connectivity index (χ3n) is 3.70. The highest BCUT2D eigenvalue weighted by atomic mass is 16.5. The molecule has 0 aliphatic rings. The van der Waals surface area contributed by atoms with Gasteiger partial charge in [-0.15, -0.1) is 0 Å². The van der Waals surface area contributed by atoms with Crippen LogP contribution >= 0.6 is 0 Å². The predicted molar refractivity (Wildman–Crippen MR) is 89.1 cm³/mol. The Kier molecular flexibility index (Phi) is 9.92. The maximum absolute atomic E-state index is 5.72. The molecule has 0 aromatic heterocycles. The van der Waals surface area contributed by atoms with E-state index in [9.17, 15) is 0 Å². The lowest BCUT2D eigenvalue weighted by atomic mass is 9.95. The van der Waals surface area contributed by atoms with Gasteiger partial charge in [0.2, 0.25) is 0 Å². The van der Waals surface area contributed by atoms with E-state index in [1.165, 1.54) is 12.0 Å². The minimum Gasteiger partial charge on any atom is -0.496 e. The first kappa shape index (κ1) is 18.0. The Balaban J connectivity index is 2.48. The second kappa shape index (κ2) is 11.6. The van der Waals surface area contributed by atoms with Crippen LogP contribution in [0.25, 0.3) is 0 Å². The van der Waals surface area contributed by atoms with Crippen molar-refractivity contribution in [2.75, 3.05) is 33.4 Å². The number of rotatable bonds is 12. The second-order valence-electron chi connectivity index (χ2n) is 5.44. The van der Waals surface area contributed by atoms with Gasteiger partial charge in [0.25, 0.3) is 0 Å².